The van der Waals surface area contributed by atoms with Crippen molar-refractivity contribution in [2.75, 3.05) is 32.1 Å². The van der Waals surface area contributed by atoms with Crippen molar-refractivity contribution in [1.82, 2.24) is 4.90 Å². The summed E-state index contributed by atoms with van der Waals surface area (Å²) in [7, 11) is -0.843. The van der Waals surface area contributed by atoms with Crippen molar-refractivity contribution in [3.63, 3.8) is 0 Å². The Hall–Kier alpha value is -0.130. The molecule has 0 aliphatic carbocycles. The molecule has 1 saturated heterocycles. The van der Waals surface area contributed by atoms with Crippen LogP contribution < -0.4 is 5.73 Å². The second kappa shape index (κ2) is 4.59. The predicted molar refractivity (Wildman–Crippen MR) is 57.9 cm³/mol. The smallest absolute Gasteiger partial charge is 0.148 e. The summed E-state index contributed by atoms with van der Waals surface area (Å²) in [5, 5.41) is 0. The fourth-order valence-corrected chi connectivity index (χ4v) is 2.91. The number of likely N-dealkylation sites (tertiary alicyclic amines) is 1. The molecule has 1 unspecified atom stereocenters. The second-order valence-electron chi connectivity index (χ2n) is 4.40. The standard InChI is InChI=1S/C9H20N2O2S/c1-11-5-3-8(4-6-11)9(10)7-14(2,12)13/h8-9H,3-7,10H2,1-2H3. The van der Waals surface area contributed by atoms with Crippen molar-refractivity contribution in [2.45, 2.75) is 18.9 Å². The lowest BCUT2D eigenvalue weighted by molar-refractivity contribution is 0.204. The van der Waals surface area contributed by atoms with Gasteiger partial charge < -0.3 is 10.6 Å². The molecule has 0 saturated carbocycles. The minimum Gasteiger partial charge on any atom is -0.327 e. The van der Waals surface area contributed by atoms with Crippen molar-refractivity contribution in [3.05, 3.63) is 0 Å². The molecule has 14 heavy (non-hydrogen) atoms. The Morgan fingerprint density at radius 3 is 2.36 bits per heavy atom. The van der Waals surface area contributed by atoms with E-state index in [0.29, 0.717) is 5.92 Å². The van der Waals surface area contributed by atoms with Crippen LogP contribution in [0.2, 0.25) is 0 Å². The highest BCUT2D eigenvalue weighted by atomic mass is 32.2. The predicted octanol–water partition coefficient (Wildman–Crippen LogP) is -0.300. The van der Waals surface area contributed by atoms with Gasteiger partial charge in [0.25, 0.3) is 0 Å². The lowest BCUT2D eigenvalue weighted by atomic mass is 9.91. The largest absolute Gasteiger partial charge is 0.327 e. The van der Waals surface area contributed by atoms with Crippen molar-refractivity contribution >= 4 is 9.84 Å². The summed E-state index contributed by atoms with van der Waals surface area (Å²) >= 11 is 0. The maximum Gasteiger partial charge on any atom is 0.148 e. The molecule has 84 valence electrons. The van der Waals surface area contributed by atoms with Crippen LogP contribution >= 0.6 is 0 Å². The molecule has 0 spiro atoms. The fourth-order valence-electron chi connectivity index (χ4n) is 1.94. The van der Waals surface area contributed by atoms with Gasteiger partial charge in [-0.2, -0.15) is 0 Å². The van der Waals surface area contributed by atoms with Gasteiger partial charge in [0.2, 0.25) is 0 Å². The number of nitrogens with two attached hydrogens (primary N) is 1. The number of hydrogen-bond donors (Lipinski definition) is 1. The van der Waals surface area contributed by atoms with Gasteiger partial charge in [-0.3, -0.25) is 0 Å². The average Bonchev–Trinajstić information content (AvgIpc) is 2.02. The first kappa shape index (κ1) is 11.9. The van der Waals surface area contributed by atoms with Gasteiger partial charge in [-0.15, -0.1) is 0 Å². The Balaban J connectivity index is 2.42. The SMILES string of the molecule is CN1CCC(C(N)CS(C)(=O)=O)CC1. The zero-order chi connectivity index (χ0) is 10.8. The minimum atomic E-state index is -2.92. The molecule has 0 aromatic carbocycles. The summed E-state index contributed by atoms with van der Waals surface area (Å²) in [6.45, 7) is 2.06. The Labute approximate surface area is 86.4 Å². The molecule has 1 aliphatic rings. The number of nitrogens with zero attached hydrogens (tertiary/aromatic N) is 1. The van der Waals surface area contributed by atoms with Gasteiger partial charge in [-0.05, 0) is 38.9 Å². The summed E-state index contributed by atoms with van der Waals surface area (Å²) in [6, 6.07) is -0.182. The molecule has 1 fully saturated rings. The first-order chi connectivity index (χ1) is 6.38. The van der Waals surface area contributed by atoms with Crippen molar-refractivity contribution < 1.29 is 8.42 Å². The molecule has 1 atom stereocenters. The van der Waals surface area contributed by atoms with E-state index in [9.17, 15) is 8.42 Å². The molecule has 1 rings (SSSR count). The zero-order valence-electron chi connectivity index (χ0n) is 8.94. The van der Waals surface area contributed by atoms with Crippen LogP contribution in [0.3, 0.4) is 0 Å². The van der Waals surface area contributed by atoms with E-state index in [-0.39, 0.29) is 11.8 Å². The summed E-state index contributed by atoms with van der Waals surface area (Å²) in [5.41, 5.74) is 5.88. The van der Waals surface area contributed by atoms with E-state index in [1.807, 2.05) is 0 Å². The quantitative estimate of drug-likeness (QED) is 0.709. The first-order valence-electron chi connectivity index (χ1n) is 5.00. The third-order valence-electron chi connectivity index (χ3n) is 2.86. The fraction of sp³-hybridized carbons (Fsp3) is 1.00. The Morgan fingerprint density at radius 1 is 1.43 bits per heavy atom. The average molecular weight is 220 g/mol. The normalized spacial score (nSPS) is 23.6. The molecule has 0 bridgehead atoms. The summed E-state index contributed by atoms with van der Waals surface area (Å²) in [4.78, 5) is 2.25. The van der Waals surface area contributed by atoms with Crippen molar-refractivity contribution in [1.29, 1.82) is 0 Å². The van der Waals surface area contributed by atoms with E-state index in [4.69, 9.17) is 5.73 Å². The number of piperidine rings is 1. The first-order valence-corrected chi connectivity index (χ1v) is 7.06. The Bertz CT molecular complexity index is 269. The van der Waals surface area contributed by atoms with E-state index in [0.717, 1.165) is 25.9 Å². The van der Waals surface area contributed by atoms with Gasteiger partial charge in [0, 0.05) is 12.3 Å². The van der Waals surface area contributed by atoms with Crippen LogP contribution in [0.5, 0.6) is 0 Å². The maximum absolute atomic E-state index is 11.1. The van der Waals surface area contributed by atoms with Crippen LogP contribution in [0, 0.1) is 5.92 Å². The van der Waals surface area contributed by atoms with Gasteiger partial charge in [-0.25, -0.2) is 8.42 Å². The molecule has 0 amide bonds. The molecule has 0 radical (unpaired) electrons. The van der Waals surface area contributed by atoms with Gasteiger partial charge in [0.15, 0.2) is 0 Å². The molecule has 0 aromatic rings. The van der Waals surface area contributed by atoms with E-state index in [2.05, 4.69) is 11.9 Å². The van der Waals surface area contributed by atoms with Crippen molar-refractivity contribution in [3.8, 4) is 0 Å². The van der Waals surface area contributed by atoms with Crippen LogP contribution in [0.25, 0.3) is 0 Å². The molecule has 1 heterocycles. The van der Waals surface area contributed by atoms with Crippen LogP contribution in [-0.2, 0) is 9.84 Å². The highest BCUT2D eigenvalue weighted by Crippen LogP contribution is 2.19. The van der Waals surface area contributed by atoms with Gasteiger partial charge in [0.05, 0.1) is 5.75 Å². The number of hydrogen-bond acceptors (Lipinski definition) is 4. The molecule has 4 nitrogen and oxygen atoms in total. The molecular weight excluding hydrogens is 200 g/mol. The molecular formula is C9H20N2O2S. The summed E-state index contributed by atoms with van der Waals surface area (Å²) in [6.07, 6.45) is 3.29. The molecule has 2 N–H and O–H groups in total. The monoisotopic (exact) mass is 220 g/mol. The highest BCUT2D eigenvalue weighted by molar-refractivity contribution is 7.90. The van der Waals surface area contributed by atoms with E-state index >= 15 is 0 Å². The molecule has 0 aromatic heterocycles. The maximum atomic E-state index is 11.1. The van der Waals surface area contributed by atoms with Crippen molar-refractivity contribution in [2.24, 2.45) is 11.7 Å². The molecule has 5 heteroatoms. The minimum absolute atomic E-state index is 0.126. The molecule has 1 aliphatic heterocycles. The zero-order valence-corrected chi connectivity index (χ0v) is 9.76. The van der Waals surface area contributed by atoms with Gasteiger partial charge >= 0.3 is 0 Å². The Kier molecular flexibility index (Phi) is 3.92. The Morgan fingerprint density at radius 2 is 1.93 bits per heavy atom. The van der Waals surface area contributed by atoms with E-state index in [1.54, 1.807) is 0 Å². The summed E-state index contributed by atoms with van der Waals surface area (Å²) in [5.74, 6) is 0.502. The van der Waals surface area contributed by atoms with Gasteiger partial charge in [0.1, 0.15) is 9.84 Å². The van der Waals surface area contributed by atoms with Crippen LogP contribution in [-0.4, -0.2) is 51.5 Å². The topological polar surface area (TPSA) is 63.4 Å². The van der Waals surface area contributed by atoms with Crippen LogP contribution in [0.15, 0.2) is 0 Å². The lowest BCUT2D eigenvalue weighted by Crippen LogP contribution is -2.42. The van der Waals surface area contributed by atoms with Crippen LogP contribution in [0.1, 0.15) is 12.8 Å². The summed E-state index contributed by atoms with van der Waals surface area (Å²) < 4.78 is 22.1. The highest BCUT2D eigenvalue weighted by Gasteiger charge is 2.24. The van der Waals surface area contributed by atoms with Gasteiger partial charge in [-0.1, -0.05) is 0 Å². The second-order valence-corrected chi connectivity index (χ2v) is 6.58. The number of rotatable bonds is 3. The lowest BCUT2D eigenvalue weighted by Gasteiger charge is -2.32. The third-order valence-corrected chi connectivity index (χ3v) is 3.85. The van der Waals surface area contributed by atoms with Crippen LogP contribution in [0.4, 0.5) is 0 Å². The number of sulfone groups is 1. The third kappa shape index (κ3) is 3.94. The van der Waals surface area contributed by atoms with E-state index in [1.165, 1.54) is 6.26 Å². The van der Waals surface area contributed by atoms with E-state index < -0.39 is 9.84 Å².